The van der Waals surface area contributed by atoms with E-state index in [0.29, 0.717) is 6.54 Å². The van der Waals surface area contributed by atoms with Crippen LogP contribution in [0.25, 0.3) is 0 Å². The Bertz CT molecular complexity index is 300. The second kappa shape index (κ2) is 6.62. The predicted molar refractivity (Wildman–Crippen MR) is 64.0 cm³/mol. The van der Waals surface area contributed by atoms with E-state index in [1.807, 2.05) is 19.4 Å². The minimum atomic E-state index is 0.101. The van der Waals surface area contributed by atoms with Crippen molar-refractivity contribution in [3.8, 4) is 0 Å². The topological polar surface area (TPSA) is 76.1 Å². The van der Waals surface area contributed by atoms with E-state index in [1.165, 1.54) is 0 Å². The molecule has 0 radical (unpaired) electrons. The minimum absolute atomic E-state index is 0.101. The molecule has 0 amide bonds. The van der Waals surface area contributed by atoms with Crippen LogP contribution in [0.5, 0.6) is 0 Å². The SMILES string of the molecule is CCn1cncc1C(CN)NC(C)CCO. The summed E-state index contributed by atoms with van der Waals surface area (Å²) in [6.07, 6.45) is 4.40. The standard InChI is InChI=1S/C11H22N4O/c1-3-15-8-13-7-11(15)10(6-12)14-9(2)4-5-16/h7-10,14,16H,3-6,12H2,1-2H3. The maximum absolute atomic E-state index is 8.86. The molecule has 16 heavy (non-hydrogen) atoms. The van der Waals surface area contributed by atoms with Gasteiger partial charge in [0.25, 0.3) is 0 Å². The van der Waals surface area contributed by atoms with E-state index in [1.54, 1.807) is 0 Å². The fourth-order valence-electron chi connectivity index (χ4n) is 1.78. The van der Waals surface area contributed by atoms with Gasteiger partial charge in [-0.3, -0.25) is 0 Å². The van der Waals surface area contributed by atoms with Crippen molar-refractivity contribution in [3.63, 3.8) is 0 Å². The fraction of sp³-hybridized carbons (Fsp3) is 0.727. The number of nitrogens with two attached hydrogens (primary N) is 1. The molecule has 0 bridgehead atoms. The van der Waals surface area contributed by atoms with Gasteiger partial charge in [-0.25, -0.2) is 4.98 Å². The third kappa shape index (κ3) is 3.30. The van der Waals surface area contributed by atoms with Crippen LogP contribution in [0.2, 0.25) is 0 Å². The molecule has 0 fully saturated rings. The summed E-state index contributed by atoms with van der Waals surface area (Å²) in [5.41, 5.74) is 6.87. The van der Waals surface area contributed by atoms with Gasteiger partial charge in [0.2, 0.25) is 0 Å². The number of rotatable bonds is 7. The lowest BCUT2D eigenvalue weighted by Crippen LogP contribution is -2.36. The van der Waals surface area contributed by atoms with Crippen molar-refractivity contribution in [3.05, 3.63) is 18.2 Å². The van der Waals surface area contributed by atoms with Crippen LogP contribution in [-0.2, 0) is 6.54 Å². The Morgan fingerprint density at radius 2 is 2.38 bits per heavy atom. The van der Waals surface area contributed by atoms with Gasteiger partial charge in [-0.2, -0.15) is 0 Å². The molecule has 0 aliphatic rings. The first-order valence-corrected chi connectivity index (χ1v) is 5.79. The van der Waals surface area contributed by atoms with Gasteiger partial charge in [0.1, 0.15) is 0 Å². The van der Waals surface area contributed by atoms with Crippen LogP contribution in [0.3, 0.4) is 0 Å². The molecule has 5 nitrogen and oxygen atoms in total. The average Bonchev–Trinajstić information content (AvgIpc) is 2.74. The molecule has 0 saturated carbocycles. The molecule has 0 aliphatic carbocycles. The van der Waals surface area contributed by atoms with Crippen LogP contribution < -0.4 is 11.1 Å². The molecule has 1 heterocycles. The number of nitrogens with one attached hydrogen (secondary N) is 1. The maximum Gasteiger partial charge on any atom is 0.0948 e. The number of aromatic nitrogens is 2. The van der Waals surface area contributed by atoms with Crippen LogP contribution in [-0.4, -0.2) is 33.9 Å². The Labute approximate surface area is 96.7 Å². The summed E-state index contributed by atoms with van der Waals surface area (Å²) in [5, 5.41) is 12.3. The summed E-state index contributed by atoms with van der Waals surface area (Å²) in [6.45, 7) is 5.74. The second-order valence-corrected chi connectivity index (χ2v) is 3.97. The predicted octanol–water partition coefficient (Wildman–Crippen LogP) is 0.263. The van der Waals surface area contributed by atoms with Crippen LogP contribution in [0.15, 0.2) is 12.5 Å². The van der Waals surface area contributed by atoms with Gasteiger partial charge < -0.3 is 20.7 Å². The molecule has 1 aromatic rings. The van der Waals surface area contributed by atoms with Gasteiger partial charge in [-0.15, -0.1) is 0 Å². The van der Waals surface area contributed by atoms with Gasteiger partial charge in [0.15, 0.2) is 0 Å². The summed E-state index contributed by atoms with van der Waals surface area (Å²) in [4.78, 5) is 4.13. The van der Waals surface area contributed by atoms with Gasteiger partial charge in [0, 0.05) is 31.9 Å². The Kier molecular flexibility index (Phi) is 5.45. The van der Waals surface area contributed by atoms with Crippen molar-refractivity contribution in [2.45, 2.75) is 38.9 Å². The second-order valence-electron chi connectivity index (χ2n) is 3.97. The molecule has 1 aromatic heterocycles. The molecule has 0 aliphatic heterocycles. The van der Waals surface area contributed by atoms with E-state index in [4.69, 9.17) is 10.8 Å². The van der Waals surface area contributed by atoms with E-state index in [9.17, 15) is 0 Å². The lowest BCUT2D eigenvalue weighted by atomic mass is 10.1. The maximum atomic E-state index is 8.86. The van der Waals surface area contributed by atoms with E-state index in [0.717, 1.165) is 18.7 Å². The summed E-state index contributed by atoms with van der Waals surface area (Å²) in [6, 6.07) is 0.350. The minimum Gasteiger partial charge on any atom is -0.396 e. The van der Waals surface area contributed by atoms with Crippen molar-refractivity contribution in [2.75, 3.05) is 13.2 Å². The fourth-order valence-corrected chi connectivity index (χ4v) is 1.78. The summed E-state index contributed by atoms with van der Waals surface area (Å²) < 4.78 is 2.08. The molecule has 0 saturated heterocycles. The molecular formula is C11H22N4O. The third-order valence-corrected chi connectivity index (χ3v) is 2.73. The van der Waals surface area contributed by atoms with Crippen molar-refractivity contribution in [1.82, 2.24) is 14.9 Å². The van der Waals surface area contributed by atoms with Gasteiger partial charge in [-0.1, -0.05) is 0 Å². The van der Waals surface area contributed by atoms with E-state index in [-0.39, 0.29) is 18.7 Å². The Balaban J connectivity index is 2.66. The third-order valence-electron chi connectivity index (χ3n) is 2.73. The molecule has 1 rings (SSSR count). The van der Waals surface area contributed by atoms with Crippen molar-refractivity contribution >= 4 is 0 Å². The smallest absolute Gasteiger partial charge is 0.0948 e. The van der Waals surface area contributed by atoms with Crippen LogP contribution in [0.1, 0.15) is 32.0 Å². The van der Waals surface area contributed by atoms with Gasteiger partial charge in [0.05, 0.1) is 18.1 Å². The Morgan fingerprint density at radius 1 is 1.62 bits per heavy atom. The summed E-state index contributed by atoms with van der Waals surface area (Å²) in [5.74, 6) is 0. The molecular weight excluding hydrogens is 204 g/mol. The Hall–Kier alpha value is -0.910. The molecule has 92 valence electrons. The highest BCUT2D eigenvalue weighted by Crippen LogP contribution is 2.12. The number of hydrogen-bond donors (Lipinski definition) is 3. The van der Waals surface area contributed by atoms with Gasteiger partial charge >= 0.3 is 0 Å². The number of aliphatic hydroxyl groups excluding tert-OH is 1. The molecule has 2 atom stereocenters. The molecule has 5 heteroatoms. The quantitative estimate of drug-likeness (QED) is 0.623. The summed E-state index contributed by atoms with van der Waals surface area (Å²) >= 11 is 0. The molecule has 2 unspecified atom stereocenters. The van der Waals surface area contributed by atoms with Crippen LogP contribution in [0.4, 0.5) is 0 Å². The number of imidazole rings is 1. The van der Waals surface area contributed by atoms with Crippen LogP contribution >= 0.6 is 0 Å². The van der Waals surface area contributed by atoms with Crippen LogP contribution in [0, 0.1) is 0 Å². The monoisotopic (exact) mass is 226 g/mol. The van der Waals surface area contributed by atoms with E-state index < -0.39 is 0 Å². The zero-order valence-corrected chi connectivity index (χ0v) is 10.1. The number of nitrogens with zero attached hydrogens (tertiary/aromatic N) is 2. The Morgan fingerprint density at radius 3 is 2.94 bits per heavy atom. The first-order chi connectivity index (χ1) is 7.72. The van der Waals surface area contributed by atoms with Gasteiger partial charge in [-0.05, 0) is 20.3 Å². The number of aryl methyl sites for hydroxylation is 1. The lowest BCUT2D eigenvalue weighted by molar-refractivity contribution is 0.262. The van der Waals surface area contributed by atoms with Crippen molar-refractivity contribution in [2.24, 2.45) is 5.73 Å². The lowest BCUT2D eigenvalue weighted by Gasteiger charge is -2.22. The highest BCUT2D eigenvalue weighted by atomic mass is 16.3. The molecule has 4 N–H and O–H groups in total. The summed E-state index contributed by atoms with van der Waals surface area (Å²) in [7, 11) is 0. The zero-order chi connectivity index (χ0) is 12.0. The zero-order valence-electron chi connectivity index (χ0n) is 10.1. The van der Waals surface area contributed by atoms with E-state index >= 15 is 0 Å². The highest BCUT2D eigenvalue weighted by Gasteiger charge is 2.15. The normalized spacial score (nSPS) is 15.0. The average molecular weight is 226 g/mol. The molecule has 0 aromatic carbocycles. The van der Waals surface area contributed by atoms with E-state index in [2.05, 4.69) is 21.8 Å². The molecule has 0 spiro atoms. The van der Waals surface area contributed by atoms with Crippen molar-refractivity contribution < 1.29 is 5.11 Å². The largest absolute Gasteiger partial charge is 0.396 e. The first-order valence-electron chi connectivity index (χ1n) is 5.79. The highest BCUT2D eigenvalue weighted by molar-refractivity contribution is 5.06. The number of aliphatic hydroxyl groups is 1. The number of hydrogen-bond acceptors (Lipinski definition) is 4. The first kappa shape index (κ1) is 13.2. The van der Waals surface area contributed by atoms with Crippen molar-refractivity contribution in [1.29, 1.82) is 0 Å².